The number of aromatic nitrogens is 4. The van der Waals surface area contributed by atoms with Gasteiger partial charge in [0.2, 0.25) is 0 Å². The third-order valence-corrected chi connectivity index (χ3v) is 6.66. The van der Waals surface area contributed by atoms with E-state index in [1.807, 2.05) is 6.07 Å². The highest BCUT2D eigenvalue weighted by Gasteiger charge is 2.18. The van der Waals surface area contributed by atoms with Gasteiger partial charge in [0.15, 0.2) is 5.82 Å². The molecule has 0 amide bonds. The van der Waals surface area contributed by atoms with Crippen molar-refractivity contribution in [1.29, 1.82) is 0 Å². The summed E-state index contributed by atoms with van der Waals surface area (Å²) in [6.07, 6.45) is 2.32. The Morgan fingerprint density at radius 1 is 0.971 bits per heavy atom. The molecule has 0 aliphatic heterocycles. The molecule has 0 radical (unpaired) electrons. The lowest BCUT2D eigenvalue weighted by Gasteiger charge is -2.19. The van der Waals surface area contributed by atoms with E-state index in [9.17, 15) is 0 Å². The topological polar surface area (TPSA) is 69.4 Å². The highest BCUT2D eigenvalue weighted by molar-refractivity contribution is 5.98. The first-order valence-corrected chi connectivity index (χ1v) is 12.1. The van der Waals surface area contributed by atoms with Crippen LogP contribution in [0, 0.1) is 5.92 Å². The molecule has 1 unspecified atom stereocenters. The minimum atomic E-state index is 0.292. The molecule has 6 rings (SSSR count). The highest BCUT2D eigenvalue weighted by atomic mass is 15.1. The lowest BCUT2D eigenvalue weighted by Crippen LogP contribution is -2.18. The van der Waals surface area contributed by atoms with E-state index in [4.69, 9.17) is 4.98 Å². The maximum Gasteiger partial charge on any atom is 0.159 e. The minimum Gasteiger partial charge on any atom is -0.382 e. The van der Waals surface area contributed by atoms with Crippen LogP contribution >= 0.6 is 0 Å². The lowest BCUT2D eigenvalue weighted by molar-refractivity contribution is 0.717. The Balaban J connectivity index is 1.46. The molecule has 5 nitrogen and oxygen atoms in total. The van der Waals surface area contributed by atoms with Crippen molar-refractivity contribution in [3.8, 4) is 22.6 Å². The largest absolute Gasteiger partial charge is 0.382 e. The summed E-state index contributed by atoms with van der Waals surface area (Å²) >= 11 is 0. The van der Waals surface area contributed by atoms with Gasteiger partial charge in [-0.3, -0.25) is 5.10 Å². The Bertz CT molecular complexity index is 1660. The van der Waals surface area contributed by atoms with Crippen LogP contribution in [0.15, 0.2) is 89.8 Å². The molecular formula is C30H27N5. The molecule has 35 heavy (non-hydrogen) atoms. The summed E-state index contributed by atoms with van der Waals surface area (Å²) in [7, 11) is 0. The highest BCUT2D eigenvalue weighted by Crippen LogP contribution is 2.35. The first-order chi connectivity index (χ1) is 17.1. The molecule has 0 spiro atoms. The Morgan fingerprint density at radius 2 is 1.83 bits per heavy atom. The Labute approximate surface area is 204 Å². The normalized spacial score (nSPS) is 15.7. The monoisotopic (exact) mass is 457 g/mol. The summed E-state index contributed by atoms with van der Waals surface area (Å²) in [5, 5.41) is 12.3. The van der Waals surface area contributed by atoms with E-state index >= 15 is 0 Å². The van der Waals surface area contributed by atoms with Crippen molar-refractivity contribution >= 4 is 27.5 Å². The van der Waals surface area contributed by atoms with Gasteiger partial charge < -0.3 is 10.3 Å². The number of para-hydroxylation sites is 1. The number of aromatic amines is 2. The zero-order valence-corrected chi connectivity index (χ0v) is 20.1. The Hall–Kier alpha value is -4.34. The molecule has 1 atom stereocenters. The van der Waals surface area contributed by atoms with Crippen molar-refractivity contribution in [3.05, 3.63) is 95.4 Å². The van der Waals surface area contributed by atoms with Crippen molar-refractivity contribution < 1.29 is 0 Å². The van der Waals surface area contributed by atoms with Crippen molar-refractivity contribution in [2.45, 2.75) is 20.8 Å². The second kappa shape index (κ2) is 8.46. The Morgan fingerprint density at radius 3 is 2.66 bits per heavy atom. The number of benzene rings is 3. The van der Waals surface area contributed by atoms with Gasteiger partial charge in [0.05, 0.1) is 22.2 Å². The summed E-state index contributed by atoms with van der Waals surface area (Å²) in [5.41, 5.74) is 14.2. The van der Waals surface area contributed by atoms with Crippen LogP contribution in [0.5, 0.6) is 0 Å². The van der Waals surface area contributed by atoms with Gasteiger partial charge in [-0.05, 0) is 48.7 Å². The summed E-state index contributed by atoms with van der Waals surface area (Å²) in [4.78, 5) is 8.50. The quantitative estimate of drug-likeness (QED) is 0.253. The van der Waals surface area contributed by atoms with Crippen molar-refractivity contribution in [1.82, 2.24) is 25.5 Å². The van der Waals surface area contributed by atoms with E-state index in [0.29, 0.717) is 5.92 Å². The Kier molecular flexibility index (Phi) is 5.13. The van der Waals surface area contributed by atoms with Gasteiger partial charge >= 0.3 is 0 Å². The molecule has 3 N–H and O–H groups in total. The average molecular weight is 458 g/mol. The summed E-state index contributed by atoms with van der Waals surface area (Å²) < 4.78 is 0. The third kappa shape index (κ3) is 3.67. The van der Waals surface area contributed by atoms with Crippen molar-refractivity contribution in [2.24, 2.45) is 5.92 Å². The smallest absolute Gasteiger partial charge is 0.159 e. The van der Waals surface area contributed by atoms with Crippen LogP contribution in [0.3, 0.4) is 0 Å². The number of H-pyrrole nitrogens is 2. The van der Waals surface area contributed by atoms with Gasteiger partial charge in [-0.15, -0.1) is 0 Å². The molecule has 0 fully saturated rings. The molecule has 172 valence electrons. The molecule has 5 aromatic rings. The summed E-state index contributed by atoms with van der Waals surface area (Å²) in [6, 6.07) is 23.1. The minimum absolute atomic E-state index is 0.292. The molecule has 2 heterocycles. The van der Waals surface area contributed by atoms with Crippen LogP contribution in [0.2, 0.25) is 0 Å². The first-order valence-electron chi connectivity index (χ1n) is 12.1. The number of allylic oxidation sites excluding steroid dienone is 2. The van der Waals surface area contributed by atoms with Crippen LogP contribution < -0.4 is 5.32 Å². The van der Waals surface area contributed by atoms with Gasteiger partial charge in [-0.2, -0.15) is 5.10 Å². The van der Waals surface area contributed by atoms with Crippen molar-refractivity contribution in [2.75, 3.05) is 6.54 Å². The fraction of sp³-hybridized carbons (Fsp3) is 0.167. The van der Waals surface area contributed by atoms with Crippen LogP contribution in [0.1, 0.15) is 26.3 Å². The first kappa shape index (κ1) is 21.2. The number of rotatable bonds is 5. The molecule has 0 bridgehead atoms. The molecule has 3 aromatic carbocycles. The molecule has 5 heteroatoms. The number of hydrogen-bond acceptors (Lipinski definition) is 3. The van der Waals surface area contributed by atoms with Gasteiger partial charge in [0.25, 0.3) is 0 Å². The zero-order valence-electron chi connectivity index (χ0n) is 20.1. The number of nitrogens with zero attached hydrogens (tertiary/aromatic N) is 2. The van der Waals surface area contributed by atoms with Crippen LogP contribution in [-0.2, 0) is 0 Å². The van der Waals surface area contributed by atoms with E-state index in [-0.39, 0.29) is 0 Å². The molecule has 0 saturated heterocycles. The van der Waals surface area contributed by atoms with Crippen LogP contribution in [0.4, 0.5) is 0 Å². The van der Waals surface area contributed by atoms with E-state index in [1.54, 1.807) is 0 Å². The van der Waals surface area contributed by atoms with Crippen LogP contribution in [-0.4, -0.2) is 26.7 Å². The van der Waals surface area contributed by atoms with Gasteiger partial charge in [-0.1, -0.05) is 67.3 Å². The number of imidazole rings is 1. The van der Waals surface area contributed by atoms with E-state index in [0.717, 1.165) is 68.0 Å². The van der Waals surface area contributed by atoms with Gasteiger partial charge in [0, 0.05) is 29.0 Å². The SMILES string of the molecule is CCNC1=C=C(C)C(c2ccc3[nH]nc(-c4nc5c(-c6ccccc6)cccc5[nH]4)c3c2)=CC1C. The predicted molar refractivity (Wildman–Crippen MR) is 144 cm³/mol. The van der Waals surface area contributed by atoms with E-state index < -0.39 is 0 Å². The molecule has 1 aliphatic carbocycles. The predicted octanol–water partition coefficient (Wildman–Crippen LogP) is 6.84. The molecule has 0 saturated carbocycles. The number of nitrogens with one attached hydrogen (secondary N) is 3. The van der Waals surface area contributed by atoms with E-state index in [1.165, 1.54) is 5.57 Å². The van der Waals surface area contributed by atoms with Crippen LogP contribution in [0.25, 0.3) is 50.2 Å². The number of hydrogen-bond donors (Lipinski definition) is 3. The fourth-order valence-electron chi connectivity index (χ4n) is 4.91. The lowest BCUT2D eigenvalue weighted by atomic mass is 9.89. The average Bonchev–Trinajstić information content (AvgIpc) is 3.50. The summed E-state index contributed by atoms with van der Waals surface area (Å²) in [6.45, 7) is 7.35. The number of fused-ring (bicyclic) bond motifs is 2. The molecular weight excluding hydrogens is 430 g/mol. The van der Waals surface area contributed by atoms with E-state index in [2.05, 4.69) is 114 Å². The zero-order chi connectivity index (χ0) is 23.9. The molecule has 1 aliphatic rings. The maximum absolute atomic E-state index is 5.00. The van der Waals surface area contributed by atoms with Gasteiger partial charge in [-0.25, -0.2) is 4.98 Å². The maximum atomic E-state index is 5.00. The standard InChI is InChI=1S/C30H27N5/c1-4-31-27-16-18(2)23(15-19(27)3)21-13-14-25-24(17-21)29(35-34-25)30-32-26-12-8-11-22(28(26)33-30)20-9-6-5-7-10-20/h5-15,17,19,31H,4H2,1-3H3,(H,32,33)(H,34,35). The van der Waals surface area contributed by atoms with Gasteiger partial charge in [0.1, 0.15) is 5.69 Å². The second-order valence-electron chi connectivity index (χ2n) is 9.05. The third-order valence-electron chi connectivity index (χ3n) is 6.66. The fourth-order valence-corrected chi connectivity index (χ4v) is 4.91. The second-order valence-corrected chi connectivity index (χ2v) is 9.05. The molecule has 2 aromatic heterocycles. The van der Waals surface area contributed by atoms with Crippen molar-refractivity contribution in [3.63, 3.8) is 0 Å². The summed E-state index contributed by atoms with van der Waals surface area (Å²) in [5.74, 6) is 1.05.